The summed E-state index contributed by atoms with van der Waals surface area (Å²) in [6.45, 7) is 9.49. The third-order valence-corrected chi connectivity index (χ3v) is 5.31. The van der Waals surface area contributed by atoms with Crippen molar-refractivity contribution >= 4 is 5.91 Å². The van der Waals surface area contributed by atoms with Gasteiger partial charge in [0.1, 0.15) is 11.9 Å². The third-order valence-electron chi connectivity index (χ3n) is 5.31. The standard InChI is InChI=1S/C21H26N4O2/c1-14-5-4-6-17(9-14)11-25-8-7-24(13-20(25)26)12-18-10-19-15(2)22-16(3)23-21(19)27-18/h4-6,9,18H,7-8,10-13H2,1-3H3/t18-/m0/s1. The number of amides is 1. The smallest absolute Gasteiger partial charge is 0.237 e. The number of carbonyl (C=O) groups is 1. The summed E-state index contributed by atoms with van der Waals surface area (Å²) in [6, 6.07) is 8.36. The maximum absolute atomic E-state index is 12.6. The summed E-state index contributed by atoms with van der Waals surface area (Å²) in [7, 11) is 0. The van der Waals surface area contributed by atoms with Crippen molar-refractivity contribution in [1.29, 1.82) is 0 Å². The van der Waals surface area contributed by atoms with E-state index in [0.717, 1.165) is 49.0 Å². The van der Waals surface area contributed by atoms with Gasteiger partial charge >= 0.3 is 0 Å². The molecule has 1 aromatic heterocycles. The Bertz CT molecular complexity index is 867. The van der Waals surface area contributed by atoms with Crippen LogP contribution in [-0.4, -0.2) is 58.0 Å². The average Bonchev–Trinajstić information content (AvgIpc) is 3.00. The second kappa shape index (κ2) is 7.27. The van der Waals surface area contributed by atoms with Crippen LogP contribution in [0.2, 0.25) is 0 Å². The molecule has 2 aromatic rings. The second-order valence-corrected chi connectivity index (χ2v) is 7.62. The molecule has 142 valence electrons. The quantitative estimate of drug-likeness (QED) is 0.829. The summed E-state index contributed by atoms with van der Waals surface area (Å²) in [5.41, 5.74) is 4.52. The lowest BCUT2D eigenvalue weighted by Gasteiger charge is -2.35. The van der Waals surface area contributed by atoms with Gasteiger partial charge in [0.05, 0.1) is 6.54 Å². The first-order valence-corrected chi connectivity index (χ1v) is 9.54. The average molecular weight is 366 g/mol. The van der Waals surface area contributed by atoms with Crippen molar-refractivity contribution in [3.63, 3.8) is 0 Å². The van der Waals surface area contributed by atoms with Crippen LogP contribution in [-0.2, 0) is 17.8 Å². The van der Waals surface area contributed by atoms with E-state index in [0.29, 0.717) is 13.1 Å². The first-order valence-electron chi connectivity index (χ1n) is 9.54. The summed E-state index contributed by atoms with van der Waals surface area (Å²) in [4.78, 5) is 25.6. The van der Waals surface area contributed by atoms with Crippen LogP contribution in [0.3, 0.4) is 0 Å². The van der Waals surface area contributed by atoms with Gasteiger partial charge in [-0.05, 0) is 26.3 Å². The van der Waals surface area contributed by atoms with E-state index in [-0.39, 0.29) is 12.0 Å². The normalized spacial score (nSPS) is 19.9. The molecule has 1 fully saturated rings. The highest BCUT2D eigenvalue weighted by Crippen LogP contribution is 2.29. The molecule has 1 atom stereocenters. The van der Waals surface area contributed by atoms with Gasteiger partial charge in [-0.3, -0.25) is 9.69 Å². The number of hydrogen-bond acceptors (Lipinski definition) is 5. The molecule has 6 heteroatoms. The molecule has 0 saturated carbocycles. The molecule has 1 aromatic carbocycles. The van der Waals surface area contributed by atoms with Gasteiger partial charge in [0.25, 0.3) is 0 Å². The van der Waals surface area contributed by atoms with Gasteiger partial charge in [0.15, 0.2) is 0 Å². The van der Waals surface area contributed by atoms with Crippen molar-refractivity contribution in [1.82, 2.24) is 19.8 Å². The van der Waals surface area contributed by atoms with E-state index >= 15 is 0 Å². The molecule has 0 N–H and O–H groups in total. The summed E-state index contributed by atoms with van der Waals surface area (Å²) in [6.07, 6.45) is 0.866. The predicted molar refractivity (Wildman–Crippen MR) is 103 cm³/mol. The first-order chi connectivity index (χ1) is 13.0. The maximum atomic E-state index is 12.6. The fraction of sp³-hybridized carbons (Fsp3) is 0.476. The lowest BCUT2D eigenvalue weighted by atomic mass is 10.1. The molecule has 27 heavy (non-hydrogen) atoms. The highest BCUT2D eigenvalue weighted by Gasteiger charge is 2.31. The predicted octanol–water partition coefficient (Wildman–Crippen LogP) is 2.05. The summed E-state index contributed by atoms with van der Waals surface area (Å²) in [5.74, 6) is 1.64. The summed E-state index contributed by atoms with van der Waals surface area (Å²) < 4.78 is 6.02. The van der Waals surface area contributed by atoms with Crippen LogP contribution in [0.5, 0.6) is 5.88 Å². The van der Waals surface area contributed by atoms with Crippen molar-refractivity contribution in [2.45, 2.75) is 39.8 Å². The lowest BCUT2D eigenvalue weighted by Crippen LogP contribution is -2.52. The van der Waals surface area contributed by atoms with Crippen LogP contribution >= 0.6 is 0 Å². The molecule has 0 spiro atoms. The molecule has 1 saturated heterocycles. The molecule has 2 aliphatic heterocycles. The zero-order valence-corrected chi connectivity index (χ0v) is 16.2. The third kappa shape index (κ3) is 3.95. The van der Waals surface area contributed by atoms with E-state index < -0.39 is 0 Å². The summed E-state index contributed by atoms with van der Waals surface area (Å²) >= 11 is 0. The van der Waals surface area contributed by atoms with Crippen LogP contribution < -0.4 is 4.74 Å². The molecular weight excluding hydrogens is 340 g/mol. The number of aromatic nitrogens is 2. The van der Waals surface area contributed by atoms with E-state index in [9.17, 15) is 4.79 Å². The van der Waals surface area contributed by atoms with Gasteiger partial charge in [0.2, 0.25) is 11.8 Å². The van der Waals surface area contributed by atoms with Crippen LogP contribution in [0, 0.1) is 20.8 Å². The molecular formula is C21H26N4O2. The van der Waals surface area contributed by atoms with Gasteiger partial charge in [-0.2, -0.15) is 4.98 Å². The number of carbonyl (C=O) groups excluding carboxylic acids is 1. The molecule has 6 nitrogen and oxygen atoms in total. The molecule has 0 bridgehead atoms. The molecule has 1 amide bonds. The zero-order valence-electron chi connectivity index (χ0n) is 16.2. The van der Waals surface area contributed by atoms with E-state index in [1.807, 2.05) is 24.8 Å². The molecule has 3 heterocycles. The number of rotatable bonds is 4. The zero-order chi connectivity index (χ0) is 19.0. The minimum absolute atomic E-state index is 0.0472. The number of nitrogens with zero attached hydrogens (tertiary/aromatic N) is 4. The van der Waals surface area contributed by atoms with Gasteiger partial charge < -0.3 is 9.64 Å². The largest absolute Gasteiger partial charge is 0.472 e. The number of aryl methyl sites for hydroxylation is 3. The monoisotopic (exact) mass is 366 g/mol. The van der Waals surface area contributed by atoms with E-state index in [4.69, 9.17) is 4.74 Å². The van der Waals surface area contributed by atoms with Crippen molar-refractivity contribution < 1.29 is 9.53 Å². The molecule has 4 rings (SSSR count). The Morgan fingerprint density at radius 2 is 2.04 bits per heavy atom. The van der Waals surface area contributed by atoms with Crippen molar-refractivity contribution in [2.75, 3.05) is 26.2 Å². The Hall–Kier alpha value is -2.47. The minimum Gasteiger partial charge on any atom is -0.472 e. The lowest BCUT2D eigenvalue weighted by molar-refractivity contribution is -0.137. The van der Waals surface area contributed by atoms with Crippen LogP contribution in [0.1, 0.15) is 28.2 Å². The number of ether oxygens (including phenoxy) is 1. The highest BCUT2D eigenvalue weighted by atomic mass is 16.5. The Labute approximate surface area is 160 Å². The van der Waals surface area contributed by atoms with Crippen LogP contribution in [0.15, 0.2) is 24.3 Å². The molecule has 0 unspecified atom stereocenters. The Kier molecular flexibility index (Phi) is 4.83. The van der Waals surface area contributed by atoms with Crippen molar-refractivity contribution in [2.24, 2.45) is 0 Å². The number of piperazine rings is 1. The van der Waals surface area contributed by atoms with Gasteiger partial charge in [-0.1, -0.05) is 29.8 Å². The van der Waals surface area contributed by atoms with Gasteiger partial charge in [0, 0.05) is 43.9 Å². The maximum Gasteiger partial charge on any atom is 0.237 e. The van der Waals surface area contributed by atoms with E-state index in [2.05, 4.69) is 40.0 Å². The van der Waals surface area contributed by atoms with Crippen LogP contribution in [0.25, 0.3) is 0 Å². The SMILES string of the molecule is Cc1cccc(CN2CCN(C[C@@H]3Cc4c(C)nc(C)nc4O3)CC2=O)c1. The van der Waals surface area contributed by atoms with Crippen molar-refractivity contribution in [3.8, 4) is 5.88 Å². The molecule has 0 aliphatic carbocycles. The minimum atomic E-state index is 0.0472. The fourth-order valence-corrected chi connectivity index (χ4v) is 3.97. The highest BCUT2D eigenvalue weighted by molar-refractivity contribution is 5.79. The van der Waals surface area contributed by atoms with E-state index in [1.165, 1.54) is 11.1 Å². The Balaban J connectivity index is 1.33. The molecule has 0 radical (unpaired) electrons. The number of hydrogen-bond donors (Lipinski definition) is 0. The Morgan fingerprint density at radius 3 is 2.81 bits per heavy atom. The number of fused-ring (bicyclic) bond motifs is 1. The number of benzene rings is 1. The first kappa shape index (κ1) is 17.9. The second-order valence-electron chi connectivity index (χ2n) is 7.62. The summed E-state index contributed by atoms with van der Waals surface area (Å²) in [5, 5.41) is 0. The fourth-order valence-electron chi connectivity index (χ4n) is 3.97. The van der Waals surface area contributed by atoms with Gasteiger partial charge in [-0.15, -0.1) is 0 Å². The Morgan fingerprint density at radius 1 is 1.19 bits per heavy atom. The van der Waals surface area contributed by atoms with Gasteiger partial charge in [-0.25, -0.2) is 4.98 Å². The topological polar surface area (TPSA) is 58.6 Å². The van der Waals surface area contributed by atoms with E-state index in [1.54, 1.807) is 0 Å². The van der Waals surface area contributed by atoms with Crippen LogP contribution in [0.4, 0.5) is 0 Å². The van der Waals surface area contributed by atoms with Crippen molar-refractivity contribution in [3.05, 3.63) is 52.5 Å². The molecule has 2 aliphatic rings.